The van der Waals surface area contributed by atoms with Gasteiger partial charge in [-0.1, -0.05) is 41.7 Å². The van der Waals surface area contributed by atoms with Crippen molar-refractivity contribution in [2.75, 3.05) is 0 Å². The highest BCUT2D eigenvalue weighted by Crippen LogP contribution is 2.44. The number of aromatic nitrogens is 4. The number of benzene rings is 1. The Kier molecular flexibility index (Phi) is 6.30. The molecule has 5 nitrogen and oxygen atoms in total. The molecule has 0 N–H and O–H groups in total. The van der Waals surface area contributed by atoms with E-state index in [9.17, 15) is 0 Å². The average Bonchev–Trinajstić information content (AvgIpc) is 3.09. The molecule has 0 aliphatic rings. The van der Waals surface area contributed by atoms with Gasteiger partial charge in [-0.3, -0.25) is 4.40 Å². The fourth-order valence-electron chi connectivity index (χ4n) is 3.73. The average molecular weight is 494 g/mol. The topological polar surface area (TPSA) is 52.3 Å². The van der Waals surface area contributed by atoms with Gasteiger partial charge in [0.2, 0.25) is 0 Å². The number of ether oxygens (including phenoxy) is 1. The third kappa shape index (κ3) is 4.03. The summed E-state index contributed by atoms with van der Waals surface area (Å²) in [6.07, 6.45) is 4.70. The standard InChI is InChI=1S/C23H20Cl3FN4O/c1-11(2)32-21-15(9-16(24)19(27)18(21)14-5-6-17(25)29-10-14)12(3)23-30-13(4)20-22(26)28-7-8-31(20)23/h5-12H,1-4H3/t12-/m0/s1. The van der Waals surface area contributed by atoms with Crippen molar-refractivity contribution in [3.63, 3.8) is 0 Å². The Hall–Kier alpha value is -2.41. The summed E-state index contributed by atoms with van der Waals surface area (Å²) in [5.74, 6) is 0.200. The highest BCUT2D eigenvalue weighted by molar-refractivity contribution is 6.32. The molecule has 4 rings (SSSR count). The molecule has 1 aromatic carbocycles. The molecule has 0 aliphatic carbocycles. The van der Waals surface area contributed by atoms with Crippen molar-refractivity contribution in [1.29, 1.82) is 0 Å². The smallest absolute Gasteiger partial charge is 0.154 e. The summed E-state index contributed by atoms with van der Waals surface area (Å²) in [5.41, 5.74) is 2.89. The summed E-state index contributed by atoms with van der Waals surface area (Å²) in [6.45, 7) is 7.59. The molecule has 0 saturated carbocycles. The Morgan fingerprint density at radius 2 is 1.84 bits per heavy atom. The van der Waals surface area contributed by atoms with E-state index in [0.29, 0.717) is 33.0 Å². The number of hydrogen-bond donors (Lipinski definition) is 0. The van der Waals surface area contributed by atoms with E-state index in [0.717, 1.165) is 11.2 Å². The van der Waals surface area contributed by atoms with Gasteiger partial charge in [0, 0.05) is 35.6 Å². The van der Waals surface area contributed by atoms with Crippen LogP contribution in [0.5, 0.6) is 5.75 Å². The molecule has 0 fully saturated rings. The van der Waals surface area contributed by atoms with Crippen molar-refractivity contribution >= 4 is 40.3 Å². The molecule has 0 amide bonds. The molecule has 3 heterocycles. The van der Waals surface area contributed by atoms with E-state index in [4.69, 9.17) is 44.5 Å². The van der Waals surface area contributed by atoms with Gasteiger partial charge < -0.3 is 4.74 Å². The first-order valence-corrected chi connectivity index (χ1v) is 11.1. The van der Waals surface area contributed by atoms with Gasteiger partial charge in [0.15, 0.2) is 11.0 Å². The summed E-state index contributed by atoms with van der Waals surface area (Å²) in [4.78, 5) is 13.0. The predicted molar refractivity (Wildman–Crippen MR) is 126 cm³/mol. The Labute approximate surface area is 200 Å². The first-order valence-electron chi connectivity index (χ1n) is 9.98. The first-order chi connectivity index (χ1) is 15.2. The third-order valence-corrected chi connectivity index (χ3v) is 5.91. The lowest BCUT2D eigenvalue weighted by Crippen LogP contribution is -2.13. The number of halogens is 4. The number of nitrogens with zero attached hydrogens (tertiary/aromatic N) is 4. The van der Waals surface area contributed by atoms with Crippen LogP contribution in [0.25, 0.3) is 16.6 Å². The van der Waals surface area contributed by atoms with Gasteiger partial charge in [-0.25, -0.2) is 19.3 Å². The zero-order chi connectivity index (χ0) is 23.2. The Morgan fingerprint density at radius 3 is 2.50 bits per heavy atom. The van der Waals surface area contributed by atoms with Gasteiger partial charge in [0.05, 0.1) is 22.4 Å². The number of fused-ring (bicyclic) bond motifs is 1. The van der Waals surface area contributed by atoms with E-state index < -0.39 is 5.82 Å². The summed E-state index contributed by atoms with van der Waals surface area (Å²) >= 11 is 18.6. The van der Waals surface area contributed by atoms with Crippen molar-refractivity contribution < 1.29 is 9.13 Å². The second kappa shape index (κ2) is 8.85. The van der Waals surface area contributed by atoms with Gasteiger partial charge in [0.1, 0.15) is 22.2 Å². The minimum Gasteiger partial charge on any atom is -0.490 e. The normalized spacial score (nSPS) is 12.5. The fourth-order valence-corrected chi connectivity index (χ4v) is 4.34. The zero-order valence-electron chi connectivity index (χ0n) is 17.8. The lowest BCUT2D eigenvalue weighted by molar-refractivity contribution is 0.239. The molecule has 0 spiro atoms. The van der Waals surface area contributed by atoms with Crippen LogP contribution < -0.4 is 4.74 Å². The van der Waals surface area contributed by atoms with Crippen LogP contribution in [0.1, 0.15) is 43.8 Å². The Morgan fingerprint density at radius 1 is 1.09 bits per heavy atom. The van der Waals surface area contributed by atoms with Crippen molar-refractivity contribution in [2.24, 2.45) is 0 Å². The van der Waals surface area contributed by atoms with Crippen molar-refractivity contribution in [3.05, 3.63) is 75.0 Å². The highest BCUT2D eigenvalue weighted by atomic mass is 35.5. The van der Waals surface area contributed by atoms with Gasteiger partial charge >= 0.3 is 0 Å². The molecule has 3 aromatic heterocycles. The molecule has 0 radical (unpaired) electrons. The van der Waals surface area contributed by atoms with Crippen LogP contribution in [-0.4, -0.2) is 25.5 Å². The number of rotatable bonds is 5. The molecule has 0 bridgehead atoms. The largest absolute Gasteiger partial charge is 0.490 e. The molecule has 166 valence electrons. The van der Waals surface area contributed by atoms with E-state index in [2.05, 4.69) is 9.97 Å². The SMILES string of the molecule is Cc1nc([C@@H](C)c2cc(Cl)c(F)c(-c3ccc(Cl)nc3)c2OC(C)C)n2ccnc(Cl)c12. The van der Waals surface area contributed by atoms with Crippen LogP contribution in [0.2, 0.25) is 15.3 Å². The van der Waals surface area contributed by atoms with Crippen molar-refractivity contribution in [2.45, 2.75) is 39.7 Å². The second-order valence-corrected chi connectivity index (χ2v) is 8.87. The van der Waals surface area contributed by atoms with E-state index in [1.54, 1.807) is 30.6 Å². The Bertz CT molecular complexity index is 1310. The van der Waals surface area contributed by atoms with Crippen molar-refractivity contribution in [1.82, 2.24) is 19.4 Å². The van der Waals surface area contributed by atoms with Gasteiger partial charge in [-0.15, -0.1) is 0 Å². The van der Waals surface area contributed by atoms with Gasteiger partial charge in [0.25, 0.3) is 0 Å². The predicted octanol–water partition coefficient (Wildman–Crippen LogP) is 7.14. The Balaban J connectivity index is 1.98. The van der Waals surface area contributed by atoms with E-state index in [1.807, 2.05) is 32.1 Å². The second-order valence-electron chi connectivity index (χ2n) is 7.72. The first kappa shape index (κ1) is 22.8. The molecule has 32 heavy (non-hydrogen) atoms. The lowest BCUT2D eigenvalue weighted by Gasteiger charge is -2.23. The van der Waals surface area contributed by atoms with Crippen LogP contribution in [0.15, 0.2) is 36.8 Å². The summed E-state index contributed by atoms with van der Waals surface area (Å²) in [5, 5.41) is 0.644. The molecule has 4 aromatic rings. The maximum absolute atomic E-state index is 15.3. The fraction of sp³-hybridized carbons (Fsp3) is 0.261. The number of imidazole rings is 1. The summed E-state index contributed by atoms with van der Waals surface area (Å²) in [6, 6.07) is 4.87. The van der Waals surface area contributed by atoms with Gasteiger partial charge in [-0.2, -0.15) is 0 Å². The molecule has 0 unspecified atom stereocenters. The molecule has 0 saturated heterocycles. The molecular formula is C23H20Cl3FN4O. The minimum atomic E-state index is -0.584. The van der Waals surface area contributed by atoms with Crippen LogP contribution in [0, 0.1) is 12.7 Å². The van der Waals surface area contributed by atoms with E-state index >= 15 is 4.39 Å². The monoisotopic (exact) mass is 492 g/mol. The molecule has 9 heteroatoms. The summed E-state index contributed by atoms with van der Waals surface area (Å²) in [7, 11) is 0. The molecule has 1 atom stereocenters. The van der Waals surface area contributed by atoms with Crippen LogP contribution >= 0.6 is 34.8 Å². The number of pyridine rings is 1. The summed E-state index contributed by atoms with van der Waals surface area (Å²) < 4.78 is 23.4. The van der Waals surface area contributed by atoms with Crippen LogP contribution in [-0.2, 0) is 0 Å². The quantitative estimate of drug-likeness (QED) is 0.277. The van der Waals surface area contributed by atoms with Gasteiger partial charge in [-0.05, 0) is 39.0 Å². The van der Waals surface area contributed by atoms with E-state index in [1.165, 1.54) is 6.20 Å². The van der Waals surface area contributed by atoms with Crippen LogP contribution in [0.3, 0.4) is 0 Å². The van der Waals surface area contributed by atoms with E-state index in [-0.39, 0.29) is 22.6 Å². The molecular weight excluding hydrogens is 474 g/mol. The number of aryl methyl sites for hydroxylation is 1. The number of hydrogen-bond acceptors (Lipinski definition) is 4. The zero-order valence-corrected chi connectivity index (χ0v) is 20.1. The maximum atomic E-state index is 15.3. The highest BCUT2D eigenvalue weighted by Gasteiger charge is 2.27. The third-order valence-electron chi connectivity index (χ3n) is 5.14. The van der Waals surface area contributed by atoms with Crippen LogP contribution in [0.4, 0.5) is 4.39 Å². The molecule has 0 aliphatic heterocycles. The maximum Gasteiger partial charge on any atom is 0.154 e. The van der Waals surface area contributed by atoms with Crippen molar-refractivity contribution in [3.8, 4) is 16.9 Å². The minimum absolute atomic E-state index is 0.0230. The lowest BCUT2D eigenvalue weighted by atomic mass is 9.93.